The first-order valence-corrected chi connectivity index (χ1v) is 9.82. The van der Waals surface area contributed by atoms with Crippen molar-refractivity contribution in [2.75, 3.05) is 0 Å². The Morgan fingerprint density at radius 1 is 1.20 bits per heavy atom. The highest BCUT2D eigenvalue weighted by atomic mass is 16.4. The highest BCUT2D eigenvalue weighted by Gasteiger charge is 2.32. The zero-order valence-electron chi connectivity index (χ0n) is 15.9. The summed E-state index contributed by atoms with van der Waals surface area (Å²) in [5.74, 6) is -0.259. The Morgan fingerprint density at radius 2 is 1.96 bits per heavy atom. The highest BCUT2D eigenvalue weighted by Crippen LogP contribution is 2.36. The minimum atomic E-state index is -0.764. The van der Waals surface area contributed by atoms with E-state index in [1.54, 1.807) is 0 Å². The van der Waals surface area contributed by atoms with Crippen LogP contribution < -0.4 is 0 Å². The summed E-state index contributed by atoms with van der Waals surface area (Å²) >= 11 is 0. The van der Waals surface area contributed by atoms with E-state index in [9.17, 15) is 15.0 Å². The minimum Gasteiger partial charge on any atom is -0.481 e. The molecule has 4 heteroatoms. The molecule has 25 heavy (non-hydrogen) atoms. The molecule has 1 aliphatic carbocycles. The number of rotatable bonds is 12. The van der Waals surface area contributed by atoms with E-state index in [1.165, 1.54) is 0 Å². The molecule has 0 aromatic rings. The fourth-order valence-corrected chi connectivity index (χ4v) is 3.54. The summed E-state index contributed by atoms with van der Waals surface area (Å²) in [5, 5.41) is 29.3. The molecule has 0 bridgehead atoms. The van der Waals surface area contributed by atoms with Crippen LogP contribution in [-0.4, -0.2) is 33.0 Å². The van der Waals surface area contributed by atoms with Crippen LogP contribution in [0.1, 0.15) is 78.1 Å². The van der Waals surface area contributed by atoms with Crippen molar-refractivity contribution >= 4 is 5.97 Å². The van der Waals surface area contributed by atoms with Gasteiger partial charge in [0.25, 0.3) is 0 Å². The summed E-state index contributed by atoms with van der Waals surface area (Å²) in [6.45, 7) is 4.02. The Labute approximate surface area is 152 Å². The smallest absolute Gasteiger partial charge is 0.303 e. The highest BCUT2D eigenvalue weighted by molar-refractivity contribution is 5.66. The van der Waals surface area contributed by atoms with Crippen LogP contribution in [0.3, 0.4) is 0 Å². The van der Waals surface area contributed by atoms with Gasteiger partial charge in [-0.25, -0.2) is 0 Å². The number of aliphatic carboxylic acids is 1. The van der Waals surface area contributed by atoms with Crippen LogP contribution in [0.2, 0.25) is 0 Å². The van der Waals surface area contributed by atoms with Gasteiger partial charge in [-0.05, 0) is 57.3 Å². The number of hydrogen-bond acceptors (Lipinski definition) is 3. The standard InChI is InChI=1S/C21H36O4/c1-3-4-9-15-21(2,25)16-14-17-12-13-19(22)18(17)10-7-5-6-8-11-20(23)24/h5,7,14,16-19,22,25H,3-4,6,8-13,15H2,1-2H3,(H,23,24)/b7-5-,16-14+/t17-,18-,19+,21?/m1/s1. The molecule has 1 fully saturated rings. The van der Waals surface area contributed by atoms with Crippen molar-refractivity contribution < 1.29 is 20.1 Å². The third-order valence-corrected chi connectivity index (χ3v) is 5.17. The SMILES string of the molecule is CCCCCC(C)(O)/C=C/[C@H]1CC[C@H](O)[C@@H]1C/C=C\CCCC(=O)O. The maximum atomic E-state index is 10.5. The predicted octanol–water partition coefficient (Wildman–Crippen LogP) is 4.46. The molecular weight excluding hydrogens is 316 g/mol. The van der Waals surface area contributed by atoms with Crippen LogP contribution in [-0.2, 0) is 4.79 Å². The average molecular weight is 353 g/mol. The third-order valence-electron chi connectivity index (χ3n) is 5.17. The molecule has 0 heterocycles. The number of carboxylic acids is 1. The number of hydrogen-bond donors (Lipinski definition) is 3. The van der Waals surface area contributed by atoms with Crippen molar-refractivity contribution in [2.24, 2.45) is 11.8 Å². The van der Waals surface area contributed by atoms with E-state index in [-0.39, 0.29) is 18.4 Å². The fourth-order valence-electron chi connectivity index (χ4n) is 3.54. The van der Waals surface area contributed by atoms with E-state index in [0.717, 1.165) is 51.4 Å². The molecule has 1 aliphatic rings. The first-order chi connectivity index (χ1) is 11.9. The summed E-state index contributed by atoms with van der Waals surface area (Å²) in [6.07, 6.45) is 16.1. The number of carboxylic acid groups (broad SMARTS) is 1. The number of carbonyl (C=O) groups is 1. The Bertz CT molecular complexity index is 439. The van der Waals surface area contributed by atoms with Crippen molar-refractivity contribution in [1.82, 2.24) is 0 Å². The molecule has 4 atom stereocenters. The lowest BCUT2D eigenvalue weighted by molar-refractivity contribution is -0.137. The summed E-state index contributed by atoms with van der Waals surface area (Å²) in [5.41, 5.74) is -0.764. The van der Waals surface area contributed by atoms with Crippen LogP contribution in [0, 0.1) is 11.8 Å². The number of allylic oxidation sites excluding steroid dienone is 3. The number of aliphatic hydroxyl groups is 2. The van der Waals surface area contributed by atoms with Crippen molar-refractivity contribution in [1.29, 1.82) is 0 Å². The van der Waals surface area contributed by atoms with Crippen LogP contribution in [0.5, 0.6) is 0 Å². The molecule has 4 nitrogen and oxygen atoms in total. The average Bonchev–Trinajstić information content (AvgIpc) is 2.89. The molecule has 3 N–H and O–H groups in total. The second-order valence-corrected chi connectivity index (χ2v) is 7.64. The van der Waals surface area contributed by atoms with Gasteiger partial charge in [-0.15, -0.1) is 0 Å². The topological polar surface area (TPSA) is 77.8 Å². The van der Waals surface area contributed by atoms with Crippen molar-refractivity contribution in [3.05, 3.63) is 24.3 Å². The van der Waals surface area contributed by atoms with Crippen molar-refractivity contribution in [3.63, 3.8) is 0 Å². The summed E-state index contributed by atoms with van der Waals surface area (Å²) in [7, 11) is 0. The molecule has 0 aromatic heterocycles. The molecule has 0 aliphatic heterocycles. The Kier molecular flexibility index (Phi) is 10.1. The van der Waals surface area contributed by atoms with Gasteiger partial charge in [-0.2, -0.15) is 0 Å². The first-order valence-electron chi connectivity index (χ1n) is 9.82. The van der Waals surface area contributed by atoms with Gasteiger partial charge in [0.1, 0.15) is 0 Å². The summed E-state index contributed by atoms with van der Waals surface area (Å²) in [6, 6.07) is 0. The van der Waals surface area contributed by atoms with Gasteiger partial charge >= 0.3 is 5.97 Å². The van der Waals surface area contributed by atoms with E-state index in [0.29, 0.717) is 12.3 Å². The van der Waals surface area contributed by atoms with E-state index >= 15 is 0 Å². The molecular formula is C21H36O4. The van der Waals surface area contributed by atoms with Crippen LogP contribution in [0.4, 0.5) is 0 Å². The van der Waals surface area contributed by atoms with Gasteiger partial charge in [-0.1, -0.05) is 50.5 Å². The van der Waals surface area contributed by atoms with Gasteiger partial charge in [0, 0.05) is 6.42 Å². The lowest BCUT2D eigenvalue weighted by Gasteiger charge is -2.22. The molecule has 0 spiro atoms. The third kappa shape index (κ3) is 9.22. The summed E-state index contributed by atoms with van der Waals surface area (Å²) < 4.78 is 0. The van der Waals surface area contributed by atoms with Gasteiger partial charge in [0.2, 0.25) is 0 Å². The van der Waals surface area contributed by atoms with Gasteiger partial charge in [-0.3, -0.25) is 4.79 Å². The number of aliphatic hydroxyl groups excluding tert-OH is 1. The van der Waals surface area contributed by atoms with Crippen LogP contribution in [0.15, 0.2) is 24.3 Å². The zero-order chi connectivity index (χ0) is 18.7. The molecule has 144 valence electrons. The molecule has 0 radical (unpaired) electrons. The predicted molar refractivity (Wildman–Crippen MR) is 101 cm³/mol. The molecule has 1 rings (SSSR count). The summed E-state index contributed by atoms with van der Waals surface area (Å²) in [4.78, 5) is 10.5. The van der Waals surface area contributed by atoms with Gasteiger partial charge < -0.3 is 15.3 Å². The first kappa shape index (κ1) is 21.9. The van der Waals surface area contributed by atoms with E-state index in [4.69, 9.17) is 5.11 Å². The van der Waals surface area contributed by atoms with E-state index < -0.39 is 11.6 Å². The molecule has 0 aromatic carbocycles. The fraction of sp³-hybridized carbons (Fsp3) is 0.762. The molecule has 0 amide bonds. The Morgan fingerprint density at radius 3 is 2.64 bits per heavy atom. The van der Waals surface area contributed by atoms with Gasteiger partial charge in [0.05, 0.1) is 11.7 Å². The molecule has 1 saturated carbocycles. The van der Waals surface area contributed by atoms with Crippen LogP contribution in [0.25, 0.3) is 0 Å². The normalized spacial score (nSPS) is 26.5. The second kappa shape index (κ2) is 11.5. The lowest BCUT2D eigenvalue weighted by Crippen LogP contribution is -2.22. The van der Waals surface area contributed by atoms with E-state index in [2.05, 4.69) is 19.1 Å². The Hall–Kier alpha value is -1.13. The maximum Gasteiger partial charge on any atom is 0.303 e. The number of unbranched alkanes of at least 4 members (excludes halogenated alkanes) is 3. The quantitative estimate of drug-likeness (QED) is 0.358. The lowest BCUT2D eigenvalue weighted by atomic mass is 9.88. The largest absolute Gasteiger partial charge is 0.481 e. The molecule has 1 unspecified atom stereocenters. The Balaban J connectivity index is 2.45. The molecule has 0 saturated heterocycles. The van der Waals surface area contributed by atoms with Crippen molar-refractivity contribution in [2.45, 2.75) is 89.8 Å². The maximum absolute atomic E-state index is 10.5. The van der Waals surface area contributed by atoms with Gasteiger partial charge in [0.15, 0.2) is 0 Å². The minimum absolute atomic E-state index is 0.193. The second-order valence-electron chi connectivity index (χ2n) is 7.64. The van der Waals surface area contributed by atoms with E-state index in [1.807, 2.05) is 19.1 Å². The van der Waals surface area contributed by atoms with Crippen molar-refractivity contribution in [3.8, 4) is 0 Å². The zero-order valence-corrected chi connectivity index (χ0v) is 15.9. The monoisotopic (exact) mass is 352 g/mol. The van der Waals surface area contributed by atoms with Crippen LogP contribution >= 0.6 is 0 Å².